The number of benzene rings is 2. The van der Waals surface area contributed by atoms with E-state index in [-0.39, 0.29) is 23.3 Å². The molecular weight excluding hydrogens is 434 g/mol. The summed E-state index contributed by atoms with van der Waals surface area (Å²) in [7, 11) is -1.70. The van der Waals surface area contributed by atoms with Gasteiger partial charge in [-0.3, -0.25) is 4.79 Å². The van der Waals surface area contributed by atoms with Gasteiger partial charge in [0.2, 0.25) is 5.91 Å². The molecule has 0 bridgehead atoms. The van der Waals surface area contributed by atoms with Gasteiger partial charge in [0.05, 0.1) is 11.5 Å². The summed E-state index contributed by atoms with van der Waals surface area (Å²) in [5.74, 6) is -4.04. The molecule has 12 heteroatoms. The van der Waals surface area contributed by atoms with Gasteiger partial charge in [0.25, 0.3) is 6.29 Å². The molecule has 32 heavy (non-hydrogen) atoms. The van der Waals surface area contributed by atoms with E-state index in [1.165, 1.54) is 24.3 Å². The van der Waals surface area contributed by atoms with Crippen molar-refractivity contribution >= 4 is 25.0 Å². The van der Waals surface area contributed by atoms with Crippen molar-refractivity contribution in [3.05, 3.63) is 64.7 Å². The van der Waals surface area contributed by atoms with Gasteiger partial charge in [-0.25, -0.2) is 9.59 Å². The fraction of sp³-hybridized carbons (Fsp3) is 0.250. The van der Waals surface area contributed by atoms with Gasteiger partial charge in [-0.15, -0.1) is 0 Å². The number of para-hydroxylation sites is 1. The van der Waals surface area contributed by atoms with Crippen LogP contribution in [0.25, 0.3) is 0 Å². The maximum atomic E-state index is 12.7. The summed E-state index contributed by atoms with van der Waals surface area (Å²) in [6.45, 7) is 0. The molecule has 0 spiro atoms. The van der Waals surface area contributed by atoms with Crippen LogP contribution in [0.4, 0.5) is 13.2 Å². The van der Waals surface area contributed by atoms with E-state index < -0.39 is 49.8 Å². The van der Waals surface area contributed by atoms with E-state index in [1.807, 2.05) is 0 Å². The van der Waals surface area contributed by atoms with Crippen molar-refractivity contribution in [1.29, 1.82) is 0 Å². The molecule has 8 nitrogen and oxygen atoms in total. The molecule has 0 aliphatic carbocycles. The average Bonchev–Trinajstić information content (AvgIpc) is 3.02. The highest BCUT2D eigenvalue weighted by atomic mass is 19.4. The summed E-state index contributed by atoms with van der Waals surface area (Å²) in [6, 6.07) is 10.8. The lowest BCUT2D eigenvalue weighted by molar-refractivity contribution is -0.154. The fourth-order valence-electron chi connectivity index (χ4n) is 3.51. The molecule has 2 aromatic rings. The van der Waals surface area contributed by atoms with Crippen LogP contribution >= 0.6 is 0 Å². The highest BCUT2D eigenvalue weighted by Crippen LogP contribution is 2.35. The zero-order valence-electron chi connectivity index (χ0n) is 16.2. The summed E-state index contributed by atoms with van der Waals surface area (Å²) in [4.78, 5) is 36.2. The van der Waals surface area contributed by atoms with Crippen LogP contribution in [0.5, 0.6) is 5.75 Å². The summed E-state index contributed by atoms with van der Waals surface area (Å²) in [5, 5.41) is 12.3. The molecule has 2 aliphatic heterocycles. The molecule has 2 aromatic carbocycles. The molecule has 0 fully saturated rings. The Morgan fingerprint density at radius 3 is 2.69 bits per heavy atom. The molecule has 2 heterocycles. The molecule has 2 N–H and O–H groups in total. The Bertz CT molecular complexity index is 1090. The van der Waals surface area contributed by atoms with Gasteiger partial charge in [-0.1, -0.05) is 30.3 Å². The molecule has 0 saturated heterocycles. The monoisotopic (exact) mass is 449 g/mol. The number of amides is 1. The van der Waals surface area contributed by atoms with Crippen molar-refractivity contribution in [2.75, 3.05) is 0 Å². The topological polar surface area (TPSA) is 111 Å². The minimum absolute atomic E-state index is 0.0380. The van der Waals surface area contributed by atoms with Gasteiger partial charge < -0.3 is 24.5 Å². The number of esters is 2. The second kappa shape index (κ2) is 8.19. The first-order valence-electron chi connectivity index (χ1n) is 9.46. The van der Waals surface area contributed by atoms with Crippen LogP contribution in [0.3, 0.4) is 0 Å². The summed E-state index contributed by atoms with van der Waals surface area (Å²) in [5.41, 5.74) is 0.932. The lowest BCUT2D eigenvalue weighted by Crippen LogP contribution is -2.53. The third-order valence-electron chi connectivity index (χ3n) is 4.91. The van der Waals surface area contributed by atoms with Gasteiger partial charge in [0.1, 0.15) is 17.7 Å². The number of alkyl halides is 3. The standard InChI is InChI=1S/C20H15BF3NO7/c22-20(23,24)9-15(26)25-14-8-10-4-3-7-13(16(10)32-21(14)29)18(28)31-19-12-6-2-1-5-11(12)17(27)30-19/h1-7,14,19,29H,8-9H2,(H,25,26)/t14-,19?/m0/s1. The van der Waals surface area contributed by atoms with E-state index in [4.69, 9.17) is 14.1 Å². The Morgan fingerprint density at radius 2 is 1.94 bits per heavy atom. The number of rotatable bonds is 4. The van der Waals surface area contributed by atoms with E-state index in [9.17, 15) is 32.6 Å². The first kappa shape index (κ1) is 21.7. The van der Waals surface area contributed by atoms with Crippen molar-refractivity contribution in [3.63, 3.8) is 0 Å². The van der Waals surface area contributed by atoms with Crippen LogP contribution in [-0.4, -0.2) is 42.1 Å². The molecule has 4 rings (SSSR count). The van der Waals surface area contributed by atoms with Crippen molar-refractivity contribution in [2.24, 2.45) is 0 Å². The quantitative estimate of drug-likeness (QED) is 0.544. The van der Waals surface area contributed by atoms with E-state index >= 15 is 0 Å². The maximum Gasteiger partial charge on any atom is 0.547 e. The largest absolute Gasteiger partial charge is 0.547 e. The van der Waals surface area contributed by atoms with Crippen molar-refractivity contribution in [2.45, 2.75) is 31.2 Å². The summed E-state index contributed by atoms with van der Waals surface area (Å²) >= 11 is 0. The highest BCUT2D eigenvalue weighted by Gasteiger charge is 2.41. The zero-order chi connectivity index (χ0) is 23.0. The number of nitrogens with one attached hydrogen (secondary N) is 1. The molecule has 0 saturated carbocycles. The first-order chi connectivity index (χ1) is 15.1. The lowest BCUT2D eigenvalue weighted by atomic mass is 9.72. The van der Waals surface area contributed by atoms with E-state index in [1.54, 1.807) is 18.2 Å². The van der Waals surface area contributed by atoms with Gasteiger partial charge in [-0.05, 0) is 24.1 Å². The number of hydrogen-bond donors (Lipinski definition) is 2. The maximum absolute atomic E-state index is 12.7. The van der Waals surface area contributed by atoms with Crippen LogP contribution in [0.15, 0.2) is 42.5 Å². The molecule has 0 radical (unpaired) electrons. The van der Waals surface area contributed by atoms with Gasteiger partial charge in [0.15, 0.2) is 0 Å². The predicted octanol–water partition coefficient (Wildman–Crippen LogP) is 2.10. The highest BCUT2D eigenvalue weighted by molar-refractivity contribution is 6.47. The Hall–Kier alpha value is -3.54. The van der Waals surface area contributed by atoms with Crippen LogP contribution < -0.4 is 9.97 Å². The third-order valence-corrected chi connectivity index (χ3v) is 4.91. The normalized spacial score (nSPS) is 19.4. The number of fused-ring (bicyclic) bond motifs is 2. The second-order valence-electron chi connectivity index (χ2n) is 7.20. The Labute approximate surface area is 179 Å². The number of hydrogen-bond acceptors (Lipinski definition) is 7. The fourth-order valence-corrected chi connectivity index (χ4v) is 3.51. The first-order valence-corrected chi connectivity index (χ1v) is 9.46. The molecule has 1 amide bonds. The predicted molar refractivity (Wildman–Crippen MR) is 101 cm³/mol. The van der Waals surface area contributed by atoms with Crippen molar-refractivity contribution < 1.29 is 46.7 Å². The van der Waals surface area contributed by atoms with Gasteiger partial charge in [-0.2, -0.15) is 13.2 Å². The molecule has 2 atom stereocenters. The van der Waals surface area contributed by atoms with Crippen molar-refractivity contribution in [3.8, 4) is 5.75 Å². The van der Waals surface area contributed by atoms with E-state index in [0.717, 1.165) is 0 Å². The molecular formula is C20H15BF3NO7. The Morgan fingerprint density at radius 1 is 1.19 bits per heavy atom. The minimum atomic E-state index is -4.69. The number of carbonyl (C=O) groups is 3. The average molecular weight is 449 g/mol. The van der Waals surface area contributed by atoms with Gasteiger partial charge >= 0.3 is 25.2 Å². The number of ether oxygens (including phenoxy) is 2. The number of cyclic esters (lactones) is 1. The number of carbonyl (C=O) groups excluding carboxylic acids is 3. The smallest absolute Gasteiger partial charge is 0.534 e. The number of halogens is 3. The van der Waals surface area contributed by atoms with Crippen molar-refractivity contribution in [1.82, 2.24) is 5.32 Å². The minimum Gasteiger partial charge on any atom is -0.534 e. The lowest BCUT2D eigenvalue weighted by Gasteiger charge is -2.29. The summed E-state index contributed by atoms with van der Waals surface area (Å²) in [6.07, 6.45) is -7.73. The third kappa shape index (κ3) is 4.40. The van der Waals surface area contributed by atoms with Gasteiger partial charge in [0, 0.05) is 5.56 Å². The van der Waals surface area contributed by atoms with Crippen LogP contribution in [0.1, 0.15) is 44.6 Å². The molecule has 2 aliphatic rings. The van der Waals surface area contributed by atoms with Crippen LogP contribution in [-0.2, 0) is 20.7 Å². The molecule has 1 unspecified atom stereocenters. The molecule has 166 valence electrons. The molecule has 0 aromatic heterocycles. The van der Waals surface area contributed by atoms with Crippen LogP contribution in [0.2, 0.25) is 0 Å². The Kier molecular flexibility index (Phi) is 5.55. The van der Waals surface area contributed by atoms with E-state index in [0.29, 0.717) is 11.1 Å². The Balaban J connectivity index is 1.50. The summed E-state index contributed by atoms with van der Waals surface area (Å²) < 4.78 is 52.9. The van der Waals surface area contributed by atoms with E-state index in [2.05, 4.69) is 5.32 Å². The SMILES string of the molecule is O=C(CC(F)(F)F)N[C@H]1Cc2cccc(C(=O)OC3OC(=O)c4ccccc43)c2OB1O. The van der Waals surface area contributed by atoms with Crippen LogP contribution in [0, 0.1) is 0 Å². The zero-order valence-corrected chi connectivity index (χ0v) is 16.2. The second-order valence-corrected chi connectivity index (χ2v) is 7.20.